The van der Waals surface area contributed by atoms with Crippen LogP contribution in [0.15, 0.2) is 12.2 Å². The van der Waals surface area contributed by atoms with Crippen molar-refractivity contribution < 1.29 is 53.0 Å². The molecule has 0 aliphatic heterocycles. The molecule has 330 valence electrons. The van der Waals surface area contributed by atoms with E-state index >= 15 is 0 Å². The number of quaternary nitrogens is 1. The van der Waals surface area contributed by atoms with Crippen molar-refractivity contribution in [2.45, 2.75) is 198 Å². The molecule has 0 spiro atoms. The molecule has 1 amide bonds. The van der Waals surface area contributed by atoms with Crippen LogP contribution >= 0.6 is 7.82 Å². The highest BCUT2D eigenvalue weighted by Gasteiger charge is 2.41. The molecule has 8 atom stereocenters. The van der Waals surface area contributed by atoms with Gasteiger partial charge in [0.2, 0.25) is 5.91 Å². The van der Waals surface area contributed by atoms with Crippen LogP contribution in [0.5, 0.6) is 0 Å². The molecule has 1 aliphatic carbocycles. The van der Waals surface area contributed by atoms with Crippen LogP contribution < -0.4 is 10.2 Å². The number of carbonyl (C=O) groups excluding carboxylic acids is 2. The molecular weight excluding hydrogens is 735 g/mol. The molecule has 12 nitrogen and oxygen atoms in total. The number of aliphatic hydroxyl groups excluding tert-OH is 4. The molecule has 0 aromatic heterocycles. The highest BCUT2D eigenvalue weighted by Crippen LogP contribution is 2.39. The Morgan fingerprint density at radius 3 is 1.91 bits per heavy atom. The molecule has 1 unspecified atom stereocenters. The molecule has 0 radical (unpaired) electrons. The van der Waals surface area contributed by atoms with E-state index in [4.69, 9.17) is 9.05 Å². The predicted molar refractivity (Wildman–Crippen MR) is 222 cm³/mol. The fraction of sp³-hybridized carbons (Fsp3) is 0.907. The van der Waals surface area contributed by atoms with Crippen LogP contribution in [-0.4, -0.2) is 108 Å². The van der Waals surface area contributed by atoms with Gasteiger partial charge in [0.05, 0.1) is 58.2 Å². The predicted octanol–water partition coefficient (Wildman–Crippen LogP) is 6.90. The standard InChI is InChI=1S/C43H83N2O10P/c1-6-8-10-11-12-13-14-15-16-17-18-19-21-26-40(48)39(34-55-56(52,53)54-31-30-45(3,4)5)44-43(51)27-23-22-25-36(47)32-38-37(41(49)33-42(38)50)29-28-35(46)24-20-9-7-2/h28-29,35,37-42,46,48-50H,6-27,30-34H2,1-5H3,(H-,44,51,52,53)/b29-28+/t35-,37+,38+,39-,40+,41+,42-/m0/s1. The third-order valence-corrected chi connectivity index (χ3v) is 11.9. The number of likely N-dealkylation sites (N-methyl/N-ethyl adjacent to an activating group) is 1. The van der Waals surface area contributed by atoms with Gasteiger partial charge in [0.15, 0.2) is 0 Å². The molecule has 0 bridgehead atoms. The lowest BCUT2D eigenvalue weighted by Gasteiger charge is -2.30. The highest BCUT2D eigenvalue weighted by atomic mass is 31.2. The van der Waals surface area contributed by atoms with Crippen LogP contribution in [0, 0.1) is 11.8 Å². The summed E-state index contributed by atoms with van der Waals surface area (Å²) in [6.45, 7) is 4.28. The van der Waals surface area contributed by atoms with Gasteiger partial charge in [-0.2, -0.15) is 0 Å². The highest BCUT2D eigenvalue weighted by molar-refractivity contribution is 7.45. The van der Waals surface area contributed by atoms with E-state index in [9.17, 15) is 39.5 Å². The van der Waals surface area contributed by atoms with Gasteiger partial charge >= 0.3 is 0 Å². The quantitative estimate of drug-likeness (QED) is 0.0193. The first kappa shape index (κ1) is 52.8. The van der Waals surface area contributed by atoms with Gasteiger partial charge in [0, 0.05) is 37.5 Å². The molecule has 0 saturated heterocycles. The summed E-state index contributed by atoms with van der Waals surface area (Å²) >= 11 is 0. The van der Waals surface area contributed by atoms with Crippen molar-refractivity contribution >= 4 is 19.5 Å². The largest absolute Gasteiger partial charge is 0.756 e. The van der Waals surface area contributed by atoms with Crippen molar-refractivity contribution in [1.82, 2.24) is 5.32 Å². The van der Waals surface area contributed by atoms with Crippen LogP contribution in [0.25, 0.3) is 0 Å². The minimum atomic E-state index is -4.66. The Kier molecular flexibility index (Phi) is 29.0. The van der Waals surface area contributed by atoms with E-state index in [2.05, 4.69) is 19.2 Å². The van der Waals surface area contributed by atoms with E-state index in [1.807, 2.05) is 21.1 Å². The maximum Gasteiger partial charge on any atom is 0.268 e. The monoisotopic (exact) mass is 819 g/mol. The maximum atomic E-state index is 13.0. The lowest BCUT2D eigenvalue weighted by Crippen LogP contribution is -2.46. The van der Waals surface area contributed by atoms with Crippen molar-refractivity contribution in [3.8, 4) is 0 Å². The van der Waals surface area contributed by atoms with E-state index in [1.54, 1.807) is 12.2 Å². The van der Waals surface area contributed by atoms with E-state index < -0.39 is 56.7 Å². The van der Waals surface area contributed by atoms with E-state index in [-0.39, 0.29) is 44.0 Å². The van der Waals surface area contributed by atoms with Crippen LogP contribution in [0.4, 0.5) is 0 Å². The molecular formula is C43H83N2O10P. The number of phosphoric acid groups is 1. The second-order valence-corrected chi connectivity index (χ2v) is 18.8. The van der Waals surface area contributed by atoms with Gasteiger partial charge in [0.25, 0.3) is 7.82 Å². The minimum Gasteiger partial charge on any atom is -0.756 e. The van der Waals surface area contributed by atoms with Gasteiger partial charge in [-0.1, -0.05) is 129 Å². The van der Waals surface area contributed by atoms with E-state index in [1.165, 1.54) is 57.8 Å². The number of phosphoric ester groups is 1. The van der Waals surface area contributed by atoms with Gasteiger partial charge in [-0.3, -0.25) is 14.2 Å². The third-order valence-electron chi connectivity index (χ3n) is 11.0. The lowest BCUT2D eigenvalue weighted by molar-refractivity contribution is -0.870. The molecule has 1 fully saturated rings. The maximum absolute atomic E-state index is 13.0. The number of rotatable bonds is 36. The zero-order chi connectivity index (χ0) is 41.8. The Morgan fingerprint density at radius 1 is 0.786 bits per heavy atom. The molecule has 1 aliphatic rings. The second kappa shape index (κ2) is 30.8. The van der Waals surface area contributed by atoms with Crippen molar-refractivity contribution in [1.29, 1.82) is 0 Å². The van der Waals surface area contributed by atoms with E-state index in [0.717, 1.165) is 44.9 Å². The van der Waals surface area contributed by atoms with Crippen LogP contribution in [0.1, 0.15) is 168 Å². The molecule has 1 saturated carbocycles. The number of amides is 1. The van der Waals surface area contributed by atoms with Crippen LogP contribution in [0.3, 0.4) is 0 Å². The number of carbonyl (C=O) groups is 2. The number of hydrogen-bond acceptors (Lipinski definition) is 10. The molecule has 1 rings (SSSR count). The number of Topliss-reactive ketones (excluding diaryl/α,β-unsaturated/α-hetero) is 1. The van der Waals surface area contributed by atoms with Crippen molar-refractivity contribution in [3.05, 3.63) is 12.2 Å². The topological polar surface area (TPSA) is 186 Å². The van der Waals surface area contributed by atoms with Crippen molar-refractivity contribution in [3.63, 3.8) is 0 Å². The van der Waals surface area contributed by atoms with Crippen LogP contribution in [0.2, 0.25) is 0 Å². The summed E-state index contributed by atoms with van der Waals surface area (Å²) in [5, 5.41) is 45.2. The average molecular weight is 819 g/mol. The number of aliphatic hydroxyl groups is 4. The van der Waals surface area contributed by atoms with Gasteiger partial charge in [0.1, 0.15) is 18.9 Å². The van der Waals surface area contributed by atoms with Gasteiger partial charge in [-0.25, -0.2) is 0 Å². The van der Waals surface area contributed by atoms with Gasteiger partial charge in [-0.05, 0) is 25.7 Å². The summed E-state index contributed by atoms with van der Waals surface area (Å²) in [6.07, 6.45) is 21.1. The Bertz CT molecular complexity index is 1100. The van der Waals surface area contributed by atoms with Crippen LogP contribution in [-0.2, 0) is 23.2 Å². The summed E-state index contributed by atoms with van der Waals surface area (Å²) in [5.41, 5.74) is 0. The Balaban J connectivity index is 2.57. The number of hydrogen-bond donors (Lipinski definition) is 5. The number of unbranched alkanes of at least 4 members (excludes halogenated alkanes) is 15. The molecule has 0 aromatic carbocycles. The summed E-state index contributed by atoms with van der Waals surface area (Å²) < 4.78 is 23.2. The fourth-order valence-electron chi connectivity index (χ4n) is 7.33. The fourth-order valence-corrected chi connectivity index (χ4v) is 8.05. The zero-order valence-electron chi connectivity index (χ0n) is 35.9. The SMILES string of the molecule is CCCCCCCCCCCCCCC[C@@H](O)[C@H](COP(=O)([O-])OCC[N+](C)(C)C)NC(=O)CCCCC(=O)C[C@@H]1[C@@H](/C=C/[C@@H](O)CCCCC)[C@H](O)C[C@@H]1O. The first-order chi connectivity index (χ1) is 26.6. The molecule has 56 heavy (non-hydrogen) atoms. The Morgan fingerprint density at radius 2 is 1.32 bits per heavy atom. The van der Waals surface area contributed by atoms with Crippen molar-refractivity contribution in [2.75, 3.05) is 40.9 Å². The van der Waals surface area contributed by atoms with Gasteiger partial charge in [-0.15, -0.1) is 0 Å². The Hall–Kier alpha value is -1.21. The summed E-state index contributed by atoms with van der Waals surface area (Å²) in [7, 11) is 1.08. The molecule has 13 heteroatoms. The van der Waals surface area contributed by atoms with E-state index in [0.29, 0.717) is 36.7 Å². The normalized spacial score (nSPS) is 21.6. The number of ketones is 1. The average Bonchev–Trinajstić information content (AvgIpc) is 3.39. The molecule has 0 aromatic rings. The zero-order valence-corrected chi connectivity index (χ0v) is 36.8. The molecule has 0 heterocycles. The smallest absolute Gasteiger partial charge is 0.268 e. The summed E-state index contributed by atoms with van der Waals surface area (Å²) in [4.78, 5) is 38.4. The lowest BCUT2D eigenvalue weighted by atomic mass is 9.87. The third kappa shape index (κ3) is 26.7. The van der Waals surface area contributed by atoms with Gasteiger partial charge < -0.3 is 44.2 Å². The second-order valence-electron chi connectivity index (χ2n) is 17.4. The number of nitrogens with zero attached hydrogens (tertiary/aromatic N) is 1. The summed E-state index contributed by atoms with van der Waals surface area (Å²) in [6, 6.07) is -0.948. The van der Waals surface area contributed by atoms with Crippen molar-refractivity contribution in [2.24, 2.45) is 11.8 Å². The number of nitrogens with one attached hydrogen (secondary N) is 1. The summed E-state index contributed by atoms with van der Waals surface area (Å²) in [5.74, 6) is -1.30. The first-order valence-corrected chi connectivity index (χ1v) is 23.7. The minimum absolute atomic E-state index is 0.0541. The Labute approximate surface area is 340 Å². The first-order valence-electron chi connectivity index (χ1n) is 22.2. The molecule has 5 N–H and O–H groups in total.